The molecule has 0 bridgehead atoms. The molecule has 2 aromatic heterocycles. The quantitative estimate of drug-likeness (QED) is 0.385. The molecule has 2 aromatic carbocycles. The number of nitrogens with zero attached hydrogens (tertiary/aromatic N) is 4. The summed E-state index contributed by atoms with van der Waals surface area (Å²) in [5, 5.41) is 16.1. The van der Waals surface area contributed by atoms with Crippen molar-refractivity contribution in [3.63, 3.8) is 0 Å². The summed E-state index contributed by atoms with van der Waals surface area (Å²) in [6, 6.07) is 9.81. The lowest BCUT2D eigenvalue weighted by atomic mass is 10.0. The van der Waals surface area contributed by atoms with Crippen LogP contribution in [0.4, 0.5) is 0 Å². The van der Waals surface area contributed by atoms with Gasteiger partial charge in [-0.05, 0) is 48.9 Å². The lowest BCUT2D eigenvalue weighted by Crippen LogP contribution is -2.40. The SMILES string of the molecule is COc1cc(C(=O)N2CCOCC2)ccc1C(=O)Cc1nn2c(-c3ccc(O)c(C)c3)csc2nc1=O. The number of morpholine rings is 1. The Balaban J connectivity index is 1.44. The van der Waals surface area contributed by atoms with E-state index in [1.165, 1.54) is 35.1 Å². The van der Waals surface area contributed by atoms with Crippen LogP contribution < -0.4 is 10.3 Å². The van der Waals surface area contributed by atoms with E-state index >= 15 is 0 Å². The van der Waals surface area contributed by atoms with Gasteiger partial charge in [-0.1, -0.05) is 0 Å². The van der Waals surface area contributed by atoms with E-state index in [0.717, 1.165) is 5.56 Å². The molecule has 190 valence electrons. The van der Waals surface area contributed by atoms with Crippen LogP contribution in [0.3, 0.4) is 0 Å². The van der Waals surface area contributed by atoms with Crippen molar-refractivity contribution in [2.75, 3.05) is 33.4 Å². The highest BCUT2D eigenvalue weighted by Gasteiger charge is 2.23. The smallest absolute Gasteiger partial charge is 0.296 e. The number of hydrogen-bond donors (Lipinski definition) is 1. The maximum Gasteiger partial charge on any atom is 0.296 e. The minimum Gasteiger partial charge on any atom is -0.508 e. The molecule has 4 aromatic rings. The Morgan fingerprint density at radius 1 is 1.16 bits per heavy atom. The summed E-state index contributed by atoms with van der Waals surface area (Å²) in [4.78, 5) is 44.9. The Bertz CT molecular complexity index is 1570. The lowest BCUT2D eigenvalue weighted by Gasteiger charge is -2.27. The van der Waals surface area contributed by atoms with Crippen molar-refractivity contribution < 1.29 is 24.2 Å². The summed E-state index contributed by atoms with van der Waals surface area (Å²) < 4.78 is 12.2. The van der Waals surface area contributed by atoms with E-state index in [1.54, 1.807) is 30.0 Å². The first kappa shape index (κ1) is 24.6. The van der Waals surface area contributed by atoms with Gasteiger partial charge >= 0.3 is 0 Å². The molecule has 37 heavy (non-hydrogen) atoms. The summed E-state index contributed by atoms with van der Waals surface area (Å²) in [7, 11) is 1.42. The van der Waals surface area contributed by atoms with E-state index in [4.69, 9.17) is 9.47 Å². The Kier molecular flexibility index (Phi) is 6.72. The van der Waals surface area contributed by atoms with Gasteiger partial charge in [0.15, 0.2) is 5.78 Å². The second kappa shape index (κ2) is 10.1. The largest absolute Gasteiger partial charge is 0.508 e. The van der Waals surface area contributed by atoms with Crippen LogP contribution in [0.15, 0.2) is 46.6 Å². The van der Waals surface area contributed by atoms with E-state index in [-0.39, 0.29) is 40.9 Å². The van der Waals surface area contributed by atoms with Crippen molar-refractivity contribution in [3.05, 3.63) is 74.5 Å². The molecule has 10 nitrogen and oxygen atoms in total. The molecular weight excluding hydrogens is 496 g/mol. The molecule has 0 atom stereocenters. The Hall–Kier alpha value is -4.09. The number of phenols is 1. The normalized spacial score (nSPS) is 13.6. The Labute approximate surface area is 215 Å². The fourth-order valence-electron chi connectivity index (χ4n) is 4.16. The third-order valence-corrected chi connectivity index (χ3v) is 7.03. The molecule has 1 aliphatic rings. The van der Waals surface area contributed by atoms with Crippen molar-refractivity contribution in [2.45, 2.75) is 13.3 Å². The number of benzene rings is 2. The first-order valence-corrected chi connectivity index (χ1v) is 12.5. The molecule has 0 spiro atoms. The average molecular weight is 521 g/mol. The monoisotopic (exact) mass is 520 g/mol. The third kappa shape index (κ3) is 4.83. The molecule has 0 saturated carbocycles. The zero-order valence-corrected chi connectivity index (χ0v) is 21.1. The van der Waals surface area contributed by atoms with Crippen LogP contribution in [0.25, 0.3) is 16.2 Å². The second-order valence-corrected chi connectivity index (χ2v) is 9.44. The number of thiazole rings is 1. The molecular formula is C26H24N4O6S. The van der Waals surface area contributed by atoms with Gasteiger partial charge in [0.1, 0.15) is 17.2 Å². The number of rotatable bonds is 6. The fourth-order valence-corrected chi connectivity index (χ4v) is 4.99. The predicted octanol–water partition coefficient (Wildman–Crippen LogP) is 2.74. The number of aromatic nitrogens is 3. The van der Waals surface area contributed by atoms with Crippen LogP contribution in [-0.2, 0) is 11.2 Å². The molecule has 1 fully saturated rings. The predicted molar refractivity (Wildman–Crippen MR) is 137 cm³/mol. The van der Waals surface area contributed by atoms with Gasteiger partial charge in [0.25, 0.3) is 11.5 Å². The summed E-state index contributed by atoms with van der Waals surface area (Å²) >= 11 is 1.26. The molecule has 1 aliphatic heterocycles. The molecule has 0 unspecified atom stereocenters. The van der Waals surface area contributed by atoms with E-state index in [1.807, 2.05) is 11.4 Å². The van der Waals surface area contributed by atoms with Crippen LogP contribution in [0, 0.1) is 6.92 Å². The first-order chi connectivity index (χ1) is 17.9. The number of aryl methyl sites for hydroxylation is 1. The van der Waals surface area contributed by atoms with Gasteiger partial charge in [0.2, 0.25) is 4.96 Å². The number of carbonyl (C=O) groups excluding carboxylic acids is 2. The lowest BCUT2D eigenvalue weighted by molar-refractivity contribution is 0.0302. The standard InChI is InChI=1S/C26H24N4O6S/c1-15-11-16(4-6-21(15)31)20-14-37-26-27-24(33)19(28-30(20)26)13-22(32)18-5-3-17(12-23(18)35-2)25(34)29-7-9-36-10-8-29/h3-6,11-12,14,31H,7-10,13H2,1-2H3. The number of ketones is 1. The highest BCUT2D eigenvalue weighted by Crippen LogP contribution is 2.28. The van der Waals surface area contributed by atoms with Gasteiger partial charge in [-0.25, -0.2) is 4.52 Å². The van der Waals surface area contributed by atoms with E-state index in [9.17, 15) is 19.5 Å². The van der Waals surface area contributed by atoms with E-state index < -0.39 is 5.56 Å². The molecule has 3 heterocycles. The van der Waals surface area contributed by atoms with Crippen LogP contribution in [0.1, 0.15) is 32.0 Å². The van der Waals surface area contributed by atoms with Crippen LogP contribution in [-0.4, -0.2) is 69.7 Å². The highest BCUT2D eigenvalue weighted by atomic mass is 32.1. The number of fused-ring (bicyclic) bond motifs is 1. The minimum absolute atomic E-state index is 0.00632. The number of amides is 1. The maximum absolute atomic E-state index is 13.2. The third-order valence-electron chi connectivity index (χ3n) is 6.22. The summed E-state index contributed by atoms with van der Waals surface area (Å²) in [6.45, 7) is 3.76. The number of hydrogen-bond acceptors (Lipinski definition) is 9. The molecule has 5 rings (SSSR count). The summed E-state index contributed by atoms with van der Waals surface area (Å²) in [6.07, 6.45) is -0.286. The summed E-state index contributed by atoms with van der Waals surface area (Å²) in [5.41, 5.74) is 2.24. The maximum atomic E-state index is 13.2. The van der Waals surface area contributed by atoms with Gasteiger partial charge in [-0.15, -0.1) is 11.3 Å². The number of carbonyl (C=O) groups is 2. The van der Waals surface area contributed by atoms with Crippen LogP contribution >= 0.6 is 11.3 Å². The Morgan fingerprint density at radius 2 is 1.95 bits per heavy atom. The number of methoxy groups -OCH3 is 1. The molecule has 1 N–H and O–H groups in total. The van der Waals surface area contributed by atoms with Crippen molar-refractivity contribution >= 4 is 28.0 Å². The highest BCUT2D eigenvalue weighted by molar-refractivity contribution is 7.15. The number of phenolic OH excluding ortho intramolecular Hbond substituents is 1. The van der Waals surface area contributed by atoms with Crippen molar-refractivity contribution in [1.29, 1.82) is 0 Å². The van der Waals surface area contributed by atoms with Gasteiger partial charge in [-0.2, -0.15) is 10.1 Å². The topological polar surface area (TPSA) is 123 Å². The zero-order chi connectivity index (χ0) is 26.1. The molecule has 1 saturated heterocycles. The first-order valence-electron chi connectivity index (χ1n) is 11.6. The molecule has 1 amide bonds. The number of Topliss-reactive ketones (excluding diaryl/α,β-unsaturated/α-hetero) is 1. The average Bonchev–Trinajstić information content (AvgIpc) is 3.32. The Morgan fingerprint density at radius 3 is 2.68 bits per heavy atom. The van der Waals surface area contributed by atoms with Gasteiger partial charge in [-0.3, -0.25) is 14.4 Å². The molecule has 0 radical (unpaired) electrons. The fraction of sp³-hybridized carbons (Fsp3) is 0.269. The van der Waals surface area contributed by atoms with Crippen molar-refractivity contribution in [3.8, 4) is 22.8 Å². The zero-order valence-electron chi connectivity index (χ0n) is 20.3. The minimum atomic E-state index is -0.582. The van der Waals surface area contributed by atoms with Crippen molar-refractivity contribution in [1.82, 2.24) is 19.5 Å². The molecule has 11 heteroatoms. The van der Waals surface area contributed by atoms with E-state index in [2.05, 4.69) is 10.1 Å². The van der Waals surface area contributed by atoms with Gasteiger partial charge in [0, 0.05) is 29.6 Å². The summed E-state index contributed by atoms with van der Waals surface area (Å²) in [5.74, 6) is -0.122. The van der Waals surface area contributed by atoms with Crippen LogP contribution in [0.5, 0.6) is 11.5 Å². The van der Waals surface area contributed by atoms with Crippen LogP contribution in [0.2, 0.25) is 0 Å². The van der Waals surface area contributed by atoms with E-state index in [0.29, 0.717) is 48.1 Å². The number of ether oxygens (including phenoxy) is 2. The van der Waals surface area contributed by atoms with Crippen molar-refractivity contribution in [2.24, 2.45) is 0 Å². The van der Waals surface area contributed by atoms with Gasteiger partial charge < -0.3 is 19.5 Å². The van der Waals surface area contributed by atoms with Gasteiger partial charge in [0.05, 0.1) is 38.0 Å². The second-order valence-electron chi connectivity index (χ2n) is 8.60. The number of aromatic hydroxyl groups is 1. The molecule has 0 aliphatic carbocycles.